The summed E-state index contributed by atoms with van der Waals surface area (Å²) in [7, 11) is 0. The number of halogens is 3. The third-order valence-electron chi connectivity index (χ3n) is 4.16. The van der Waals surface area contributed by atoms with Gasteiger partial charge in [-0.2, -0.15) is 28.6 Å². The minimum atomic E-state index is -4.38. The molecule has 23 heavy (non-hydrogen) atoms. The molecule has 8 heteroatoms. The molecule has 2 N–H and O–H groups in total. The summed E-state index contributed by atoms with van der Waals surface area (Å²) in [6, 6.07) is 5.54. The topological polar surface area (TPSA) is 65.0 Å². The summed E-state index contributed by atoms with van der Waals surface area (Å²) in [5.74, 6) is 0. The van der Waals surface area contributed by atoms with E-state index in [9.17, 15) is 18.3 Å². The Labute approximate surface area is 131 Å². The number of alkyl halides is 3. The molecule has 5 nitrogen and oxygen atoms in total. The predicted molar refractivity (Wildman–Crippen MR) is 76.2 cm³/mol. The van der Waals surface area contributed by atoms with Crippen molar-refractivity contribution < 1.29 is 18.3 Å². The van der Waals surface area contributed by atoms with Crippen molar-refractivity contribution in [2.45, 2.75) is 31.2 Å². The molecule has 0 radical (unpaired) electrons. The van der Waals surface area contributed by atoms with Gasteiger partial charge in [-0.05, 0) is 31.0 Å². The van der Waals surface area contributed by atoms with E-state index in [1.54, 1.807) is 6.07 Å². The maximum atomic E-state index is 13.1. The number of aromatic nitrogens is 3. The van der Waals surface area contributed by atoms with E-state index in [-0.39, 0.29) is 18.7 Å². The van der Waals surface area contributed by atoms with Gasteiger partial charge in [0.1, 0.15) is 11.3 Å². The van der Waals surface area contributed by atoms with Gasteiger partial charge in [0.15, 0.2) is 0 Å². The highest BCUT2D eigenvalue weighted by molar-refractivity contribution is 5.29. The van der Waals surface area contributed by atoms with Crippen molar-refractivity contribution in [3.05, 3.63) is 47.3 Å². The number of aliphatic hydroxyl groups is 1. The number of nitrogens with one attached hydrogen (secondary N) is 1. The number of aromatic amines is 1. The molecule has 3 rings (SSSR count). The van der Waals surface area contributed by atoms with E-state index in [1.165, 1.54) is 18.3 Å². The van der Waals surface area contributed by atoms with Crippen molar-refractivity contribution >= 4 is 0 Å². The summed E-state index contributed by atoms with van der Waals surface area (Å²) in [4.78, 5) is 1.82. The van der Waals surface area contributed by atoms with E-state index >= 15 is 0 Å². The second kappa shape index (κ2) is 5.93. The van der Waals surface area contributed by atoms with E-state index in [2.05, 4.69) is 15.4 Å². The van der Waals surface area contributed by atoms with Gasteiger partial charge >= 0.3 is 6.18 Å². The monoisotopic (exact) mass is 326 g/mol. The van der Waals surface area contributed by atoms with Gasteiger partial charge in [-0.25, -0.2) is 0 Å². The molecule has 0 spiro atoms. The maximum Gasteiger partial charge on any atom is 0.416 e. The zero-order valence-corrected chi connectivity index (χ0v) is 12.3. The Kier molecular flexibility index (Phi) is 4.11. The second-order valence-corrected chi connectivity index (χ2v) is 5.86. The van der Waals surface area contributed by atoms with Gasteiger partial charge in [-0.3, -0.25) is 4.90 Å². The van der Waals surface area contributed by atoms with Gasteiger partial charge < -0.3 is 5.11 Å². The van der Waals surface area contributed by atoms with Crippen molar-refractivity contribution in [2.24, 2.45) is 0 Å². The Hall–Kier alpha value is -1.93. The first-order valence-electron chi connectivity index (χ1n) is 7.34. The summed E-state index contributed by atoms with van der Waals surface area (Å²) in [5, 5.41) is 20.8. The number of piperidine rings is 1. The highest BCUT2D eigenvalue weighted by atomic mass is 19.4. The highest BCUT2D eigenvalue weighted by Crippen LogP contribution is 2.34. The third kappa shape index (κ3) is 3.37. The average molecular weight is 326 g/mol. The van der Waals surface area contributed by atoms with Gasteiger partial charge in [-0.1, -0.05) is 18.2 Å². The van der Waals surface area contributed by atoms with Crippen molar-refractivity contribution in [1.82, 2.24) is 20.3 Å². The average Bonchev–Trinajstić information content (AvgIpc) is 3.02. The quantitative estimate of drug-likeness (QED) is 0.908. The molecule has 2 heterocycles. The number of nitrogens with zero attached hydrogens (tertiary/aromatic N) is 3. The van der Waals surface area contributed by atoms with Crippen LogP contribution in [0.5, 0.6) is 0 Å². The predicted octanol–water partition coefficient (Wildman–Crippen LogP) is 2.31. The smallest absolute Gasteiger partial charge is 0.382 e. The highest BCUT2D eigenvalue weighted by Gasteiger charge is 2.38. The molecule has 1 fully saturated rings. The first-order valence-corrected chi connectivity index (χ1v) is 7.34. The van der Waals surface area contributed by atoms with Crippen LogP contribution >= 0.6 is 0 Å². The molecule has 0 saturated carbocycles. The number of likely N-dealkylation sites (tertiary alicyclic amines) is 1. The van der Waals surface area contributed by atoms with Crippen molar-refractivity contribution in [2.75, 3.05) is 13.1 Å². The SMILES string of the molecule is O[C@@]1(c2cn[nH]n2)CCCN(Cc2ccccc2C(F)(F)F)C1. The lowest BCUT2D eigenvalue weighted by Crippen LogP contribution is -2.46. The van der Waals surface area contributed by atoms with E-state index in [4.69, 9.17) is 0 Å². The molecule has 1 aromatic carbocycles. The fourth-order valence-electron chi connectivity index (χ4n) is 3.07. The molecule has 1 aliphatic heterocycles. The lowest BCUT2D eigenvalue weighted by molar-refractivity contribution is -0.138. The Morgan fingerprint density at radius 2 is 2.09 bits per heavy atom. The van der Waals surface area contributed by atoms with Crippen LogP contribution in [0.15, 0.2) is 30.5 Å². The molecule has 1 aromatic heterocycles. The summed E-state index contributed by atoms with van der Waals surface area (Å²) >= 11 is 0. The van der Waals surface area contributed by atoms with Crippen LogP contribution in [0.3, 0.4) is 0 Å². The Morgan fingerprint density at radius 3 is 2.78 bits per heavy atom. The lowest BCUT2D eigenvalue weighted by Gasteiger charge is -2.38. The number of hydrogen-bond donors (Lipinski definition) is 2. The number of β-amino-alcohol motifs (C(OH)–C–C–N with tert-alkyl or cyclic N) is 1. The maximum absolute atomic E-state index is 13.1. The zero-order chi connectivity index (χ0) is 16.5. The summed E-state index contributed by atoms with van der Waals surface area (Å²) in [5.41, 5.74) is -1.18. The molecular formula is C15H17F3N4O. The fraction of sp³-hybridized carbons (Fsp3) is 0.467. The van der Waals surface area contributed by atoms with Crippen LogP contribution in [0.25, 0.3) is 0 Å². The Morgan fingerprint density at radius 1 is 1.30 bits per heavy atom. The first kappa shape index (κ1) is 15.9. The second-order valence-electron chi connectivity index (χ2n) is 5.86. The Balaban J connectivity index is 1.79. The van der Waals surface area contributed by atoms with Crippen LogP contribution in [0, 0.1) is 0 Å². The molecule has 0 unspecified atom stereocenters. The van der Waals surface area contributed by atoms with Crippen molar-refractivity contribution in [1.29, 1.82) is 0 Å². The Bertz CT molecular complexity index is 659. The van der Waals surface area contributed by atoms with Crippen LogP contribution < -0.4 is 0 Å². The third-order valence-corrected chi connectivity index (χ3v) is 4.16. The van der Waals surface area contributed by atoms with Crippen LogP contribution in [-0.4, -0.2) is 38.5 Å². The van der Waals surface area contributed by atoms with E-state index in [1.807, 2.05) is 4.90 Å². The molecule has 1 saturated heterocycles. The van der Waals surface area contributed by atoms with E-state index in [0.29, 0.717) is 25.1 Å². The molecular weight excluding hydrogens is 309 g/mol. The molecule has 2 aromatic rings. The van der Waals surface area contributed by atoms with E-state index < -0.39 is 17.3 Å². The largest absolute Gasteiger partial charge is 0.416 e. The normalized spacial score (nSPS) is 23.1. The van der Waals surface area contributed by atoms with Crippen molar-refractivity contribution in [3.63, 3.8) is 0 Å². The van der Waals surface area contributed by atoms with Crippen LogP contribution in [0.1, 0.15) is 29.7 Å². The van der Waals surface area contributed by atoms with E-state index in [0.717, 1.165) is 6.07 Å². The van der Waals surface area contributed by atoms with Crippen LogP contribution in [0.2, 0.25) is 0 Å². The van der Waals surface area contributed by atoms with Gasteiger partial charge in [0.2, 0.25) is 0 Å². The molecule has 0 aliphatic carbocycles. The van der Waals surface area contributed by atoms with Crippen molar-refractivity contribution in [3.8, 4) is 0 Å². The minimum absolute atomic E-state index is 0.135. The number of hydrogen-bond acceptors (Lipinski definition) is 4. The number of rotatable bonds is 3. The van der Waals surface area contributed by atoms with Crippen LogP contribution in [0.4, 0.5) is 13.2 Å². The summed E-state index contributed by atoms with van der Waals surface area (Å²) < 4.78 is 39.3. The molecule has 0 amide bonds. The van der Waals surface area contributed by atoms with Gasteiger partial charge in [0.25, 0.3) is 0 Å². The van der Waals surface area contributed by atoms with Crippen LogP contribution in [-0.2, 0) is 18.3 Å². The van der Waals surface area contributed by atoms with Gasteiger partial charge in [0, 0.05) is 13.1 Å². The summed E-state index contributed by atoms with van der Waals surface area (Å²) in [6.45, 7) is 0.994. The molecule has 1 aliphatic rings. The minimum Gasteiger partial charge on any atom is -0.382 e. The number of H-pyrrole nitrogens is 1. The van der Waals surface area contributed by atoms with Gasteiger partial charge in [0.05, 0.1) is 11.8 Å². The number of benzene rings is 1. The standard InChI is InChI=1S/C15H17F3N4O/c16-15(17,18)12-5-2-1-4-11(12)9-22-7-3-6-14(23,10-22)13-8-19-21-20-13/h1-2,4-5,8,23H,3,6-7,9-10H2,(H,19,20,21)/t14-/m0/s1. The molecule has 124 valence electrons. The first-order chi connectivity index (χ1) is 10.9. The lowest BCUT2D eigenvalue weighted by atomic mass is 9.89. The summed E-state index contributed by atoms with van der Waals surface area (Å²) in [6.07, 6.45) is -1.74. The molecule has 1 atom stereocenters. The zero-order valence-electron chi connectivity index (χ0n) is 12.3. The van der Waals surface area contributed by atoms with Gasteiger partial charge in [-0.15, -0.1) is 0 Å². The fourth-order valence-corrected chi connectivity index (χ4v) is 3.07. The molecule has 0 bridgehead atoms.